The minimum Gasteiger partial charge on any atom is -0.351 e. The van der Waals surface area contributed by atoms with Gasteiger partial charge in [-0.25, -0.2) is 24.7 Å². The number of hydrogen-bond acceptors (Lipinski definition) is 8. The molecular formula is C26H24BrClN10O. The number of nitrogens with one attached hydrogen (secondary N) is 3. The Morgan fingerprint density at radius 1 is 1.10 bits per heavy atom. The van der Waals surface area contributed by atoms with E-state index in [1.807, 2.05) is 30.3 Å². The summed E-state index contributed by atoms with van der Waals surface area (Å²) in [6, 6.07) is 11.7. The van der Waals surface area contributed by atoms with Gasteiger partial charge < -0.3 is 10.6 Å². The molecule has 5 rings (SSSR count). The summed E-state index contributed by atoms with van der Waals surface area (Å²) >= 11 is 9.52. The Morgan fingerprint density at radius 3 is 2.56 bits per heavy atom. The molecule has 0 atom stereocenters. The van der Waals surface area contributed by atoms with Crippen molar-refractivity contribution in [1.82, 2.24) is 35.5 Å². The number of aromatic amines is 1. The van der Waals surface area contributed by atoms with Crippen LogP contribution in [0, 0.1) is 11.3 Å². The van der Waals surface area contributed by atoms with E-state index in [1.165, 1.54) is 12.4 Å². The van der Waals surface area contributed by atoms with Gasteiger partial charge in [-0.2, -0.15) is 10.4 Å². The van der Waals surface area contributed by atoms with Gasteiger partial charge in [-0.1, -0.05) is 41.9 Å². The maximum atomic E-state index is 13.4. The Kier molecular flexibility index (Phi) is 8.29. The molecule has 0 spiro atoms. The molecule has 198 valence electrons. The number of urea groups is 1. The number of carbonyl (C=O) groups is 1. The van der Waals surface area contributed by atoms with Crippen molar-refractivity contribution < 1.29 is 4.79 Å². The Bertz CT molecular complexity index is 1470. The van der Waals surface area contributed by atoms with Crippen molar-refractivity contribution in [1.29, 1.82) is 5.26 Å². The van der Waals surface area contributed by atoms with Gasteiger partial charge in [-0.15, -0.1) is 0 Å². The molecule has 3 N–H and O–H groups in total. The molecule has 0 aliphatic heterocycles. The number of benzene rings is 1. The van der Waals surface area contributed by atoms with E-state index in [-0.39, 0.29) is 23.7 Å². The first-order valence-electron chi connectivity index (χ1n) is 12.3. The third kappa shape index (κ3) is 6.32. The molecule has 2 amide bonds. The van der Waals surface area contributed by atoms with Crippen molar-refractivity contribution in [2.75, 3.05) is 10.2 Å². The summed E-state index contributed by atoms with van der Waals surface area (Å²) in [6.07, 6.45) is 9.22. The number of carbonyl (C=O) groups excluding carboxylic acids is 1. The third-order valence-electron chi connectivity index (χ3n) is 6.48. The average molecular weight is 608 g/mol. The topological polar surface area (TPSA) is 148 Å². The second kappa shape index (κ2) is 12.2. The lowest BCUT2D eigenvalue weighted by molar-refractivity contribution is 0.240. The zero-order valence-electron chi connectivity index (χ0n) is 20.7. The second-order valence-corrected chi connectivity index (χ2v) is 10.2. The molecule has 0 unspecified atom stereocenters. The van der Waals surface area contributed by atoms with Crippen LogP contribution in [0.25, 0.3) is 11.4 Å². The summed E-state index contributed by atoms with van der Waals surface area (Å²) in [5.41, 5.74) is 2.06. The number of nitrogens with zero attached hydrogens (tertiary/aromatic N) is 7. The van der Waals surface area contributed by atoms with Gasteiger partial charge in [0, 0.05) is 24.8 Å². The van der Waals surface area contributed by atoms with Crippen molar-refractivity contribution in [2.45, 2.75) is 44.3 Å². The van der Waals surface area contributed by atoms with Gasteiger partial charge in [0.2, 0.25) is 5.95 Å². The molecule has 13 heteroatoms. The molecule has 3 aromatic heterocycles. The maximum absolute atomic E-state index is 13.4. The fourth-order valence-corrected chi connectivity index (χ4v) is 4.95. The molecule has 0 saturated heterocycles. The van der Waals surface area contributed by atoms with Gasteiger partial charge in [0.15, 0.2) is 5.82 Å². The van der Waals surface area contributed by atoms with Crippen LogP contribution < -0.4 is 15.5 Å². The predicted octanol–water partition coefficient (Wildman–Crippen LogP) is 5.08. The molecule has 1 saturated carbocycles. The van der Waals surface area contributed by atoms with Gasteiger partial charge in [0.25, 0.3) is 0 Å². The van der Waals surface area contributed by atoms with E-state index in [1.54, 1.807) is 17.3 Å². The molecule has 11 nitrogen and oxygen atoms in total. The number of amides is 2. The molecule has 0 radical (unpaired) electrons. The van der Waals surface area contributed by atoms with Crippen molar-refractivity contribution in [3.63, 3.8) is 0 Å². The SMILES string of the molecule is N#Cc1cnc(NC2CCC(N(C(=O)NCc3ccccc3)c3cnc(Br)cn3)CC2)nc1-c1n[nH]cc1Cl. The van der Waals surface area contributed by atoms with Gasteiger partial charge in [-0.05, 0) is 47.2 Å². The summed E-state index contributed by atoms with van der Waals surface area (Å²) in [5.74, 6) is 0.888. The first-order chi connectivity index (χ1) is 19.0. The minimum absolute atomic E-state index is 0.0606. The standard InChI is InChI=1S/C26H24BrClN10O/c27-21-14-31-22(15-30-21)38(26(39)33-11-16-4-2-1-3-5-16)19-8-6-18(7-9-19)35-25-32-12-17(10-29)23(36-25)24-20(28)13-34-37-24/h1-5,12-15,18-19H,6-9,11H2,(H,33,39)(H,34,37)(H,32,35,36). The Morgan fingerprint density at radius 2 is 1.90 bits per heavy atom. The van der Waals surface area contributed by atoms with Gasteiger partial charge in [-0.3, -0.25) is 10.00 Å². The van der Waals surface area contributed by atoms with Crippen LogP contribution in [0.4, 0.5) is 16.6 Å². The average Bonchev–Trinajstić information content (AvgIpc) is 3.40. The minimum atomic E-state index is -0.220. The first-order valence-corrected chi connectivity index (χ1v) is 13.5. The van der Waals surface area contributed by atoms with Crippen LogP contribution in [0.1, 0.15) is 36.8 Å². The predicted molar refractivity (Wildman–Crippen MR) is 150 cm³/mol. The Hall–Kier alpha value is -4.08. The normalized spacial score (nSPS) is 16.7. The monoisotopic (exact) mass is 606 g/mol. The summed E-state index contributed by atoms with van der Waals surface area (Å²) in [5, 5.41) is 23.0. The van der Waals surface area contributed by atoms with Gasteiger partial charge >= 0.3 is 6.03 Å². The molecular weight excluding hydrogens is 584 g/mol. The largest absolute Gasteiger partial charge is 0.351 e. The molecule has 3 heterocycles. The summed E-state index contributed by atoms with van der Waals surface area (Å²) in [6.45, 7) is 0.412. The number of H-pyrrole nitrogens is 1. The van der Waals surface area contributed by atoms with Crippen LogP contribution >= 0.6 is 27.5 Å². The van der Waals surface area contributed by atoms with Crippen LogP contribution in [-0.2, 0) is 6.54 Å². The molecule has 4 aromatic rings. The van der Waals surface area contributed by atoms with Crippen LogP contribution in [0.5, 0.6) is 0 Å². The summed E-state index contributed by atoms with van der Waals surface area (Å²) in [4.78, 5) is 32.6. The number of rotatable bonds is 7. The van der Waals surface area contributed by atoms with Crippen LogP contribution in [0.3, 0.4) is 0 Å². The first kappa shape index (κ1) is 26.5. The number of hydrogen-bond donors (Lipinski definition) is 3. The number of nitriles is 1. The van der Waals surface area contributed by atoms with Crippen LogP contribution in [-0.4, -0.2) is 48.2 Å². The molecule has 1 aliphatic carbocycles. The van der Waals surface area contributed by atoms with E-state index in [4.69, 9.17) is 11.6 Å². The van der Waals surface area contributed by atoms with E-state index < -0.39 is 0 Å². The highest BCUT2D eigenvalue weighted by atomic mass is 79.9. The second-order valence-electron chi connectivity index (χ2n) is 9.01. The zero-order chi connectivity index (χ0) is 27.2. The number of halogens is 2. The molecule has 1 fully saturated rings. The van der Waals surface area contributed by atoms with E-state index >= 15 is 0 Å². The molecule has 1 aromatic carbocycles. The molecule has 1 aliphatic rings. The highest BCUT2D eigenvalue weighted by molar-refractivity contribution is 9.10. The van der Waals surface area contributed by atoms with Crippen molar-refractivity contribution in [3.05, 3.63) is 75.9 Å². The Balaban J connectivity index is 1.27. The van der Waals surface area contributed by atoms with E-state index in [9.17, 15) is 10.1 Å². The van der Waals surface area contributed by atoms with E-state index in [0.717, 1.165) is 31.2 Å². The fourth-order valence-electron chi connectivity index (χ4n) is 4.56. The highest BCUT2D eigenvalue weighted by Crippen LogP contribution is 2.30. The summed E-state index contributed by atoms with van der Waals surface area (Å²) < 4.78 is 0.599. The third-order valence-corrected chi connectivity index (χ3v) is 7.18. The van der Waals surface area contributed by atoms with Crippen molar-refractivity contribution >= 4 is 45.3 Å². The van der Waals surface area contributed by atoms with Crippen molar-refractivity contribution in [2.24, 2.45) is 0 Å². The summed E-state index contributed by atoms with van der Waals surface area (Å²) in [7, 11) is 0. The van der Waals surface area contributed by atoms with Gasteiger partial charge in [0.1, 0.15) is 22.1 Å². The number of aromatic nitrogens is 6. The smallest absolute Gasteiger partial charge is 0.323 e. The van der Waals surface area contributed by atoms with Crippen LogP contribution in [0.15, 0.2) is 59.7 Å². The molecule has 39 heavy (non-hydrogen) atoms. The highest BCUT2D eigenvalue weighted by Gasteiger charge is 2.31. The lowest BCUT2D eigenvalue weighted by Gasteiger charge is -2.36. The van der Waals surface area contributed by atoms with Gasteiger partial charge in [0.05, 0.1) is 29.2 Å². The molecule has 0 bridgehead atoms. The van der Waals surface area contributed by atoms with E-state index in [0.29, 0.717) is 39.3 Å². The number of anilines is 2. The van der Waals surface area contributed by atoms with Crippen LogP contribution in [0.2, 0.25) is 5.02 Å². The fraction of sp³-hybridized carbons (Fsp3) is 0.269. The lowest BCUT2D eigenvalue weighted by Crippen LogP contribution is -2.49. The zero-order valence-corrected chi connectivity index (χ0v) is 23.0. The quantitative estimate of drug-likeness (QED) is 0.263. The maximum Gasteiger partial charge on any atom is 0.323 e. The Labute approximate surface area is 238 Å². The lowest BCUT2D eigenvalue weighted by atomic mass is 9.90. The van der Waals surface area contributed by atoms with Crippen molar-refractivity contribution in [3.8, 4) is 17.5 Å². The van der Waals surface area contributed by atoms with E-state index in [2.05, 4.69) is 62.8 Å².